The standard InChI is InChI=1S/C18H21NO5/c1-18(2,3)24-17(21)19-15-6-5-14(22-4)9-13(15)10-16(20)12-7-8-23-11-12/h5-9,11H,10H2,1-4H3,(H,19,21). The maximum atomic E-state index is 12.3. The van der Waals surface area contributed by atoms with Gasteiger partial charge in [-0.15, -0.1) is 0 Å². The molecular weight excluding hydrogens is 310 g/mol. The van der Waals surface area contributed by atoms with Gasteiger partial charge in [0.2, 0.25) is 0 Å². The van der Waals surface area contributed by atoms with E-state index in [2.05, 4.69) is 5.32 Å². The van der Waals surface area contributed by atoms with Gasteiger partial charge < -0.3 is 13.9 Å². The van der Waals surface area contributed by atoms with Crippen molar-refractivity contribution in [3.05, 3.63) is 47.9 Å². The molecule has 1 aromatic heterocycles. The Morgan fingerprint density at radius 3 is 2.54 bits per heavy atom. The average Bonchev–Trinajstić information content (AvgIpc) is 3.01. The molecule has 0 aliphatic rings. The summed E-state index contributed by atoms with van der Waals surface area (Å²) in [6.45, 7) is 5.35. The minimum atomic E-state index is -0.608. The second kappa shape index (κ2) is 7.21. The summed E-state index contributed by atoms with van der Waals surface area (Å²) in [5.41, 5.74) is 0.998. The van der Waals surface area contributed by atoms with Gasteiger partial charge in [-0.1, -0.05) is 0 Å². The van der Waals surface area contributed by atoms with Gasteiger partial charge >= 0.3 is 6.09 Å². The van der Waals surface area contributed by atoms with Crippen LogP contribution in [-0.2, 0) is 11.2 Å². The molecule has 0 radical (unpaired) electrons. The fraction of sp³-hybridized carbons (Fsp3) is 0.333. The van der Waals surface area contributed by atoms with Crippen LogP contribution in [0.3, 0.4) is 0 Å². The van der Waals surface area contributed by atoms with Crippen molar-refractivity contribution in [1.29, 1.82) is 0 Å². The lowest BCUT2D eigenvalue weighted by Gasteiger charge is -2.20. The van der Waals surface area contributed by atoms with Crippen LogP contribution in [-0.4, -0.2) is 24.6 Å². The topological polar surface area (TPSA) is 77.8 Å². The molecule has 1 N–H and O–H groups in total. The smallest absolute Gasteiger partial charge is 0.412 e. The predicted octanol–water partition coefficient (Wildman–Crippen LogP) is 4.06. The number of rotatable bonds is 5. The molecule has 2 aromatic rings. The first kappa shape index (κ1) is 17.6. The van der Waals surface area contributed by atoms with E-state index in [-0.39, 0.29) is 12.2 Å². The molecule has 0 bridgehead atoms. The molecule has 0 atom stereocenters. The summed E-state index contributed by atoms with van der Waals surface area (Å²) in [5, 5.41) is 2.68. The van der Waals surface area contributed by atoms with Crippen LogP contribution in [0.1, 0.15) is 36.7 Å². The molecule has 0 fully saturated rings. The highest BCUT2D eigenvalue weighted by Gasteiger charge is 2.18. The number of amides is 1. The normalized spacial score (nSPS) is 11.0. The number of anilines is 1. The number of hydrogen-bond donors (Lipinski definition) is 1. The van der Waals surface area contributed by atoms with Crippen LogP contribution < -0.4 is 10.1 Å². The summed E-state index contributed by atoms with van der Waals surface area (Å²) in [6.07, 6.45) is 2.36. The van der Waals surface area contributed by atoms with Crippen LogP contribution in [0.25, 0.3) is 0 Å². The lowest BCUT2D eigenvalue weighted by Crippen LogP contribution is -2.27. The summed E-state index contributed by atoms with van der Waals surface area (Å²) >= 11 is 0. The molecule has 1 heterocycles. The van der Waals surface area contributed by atoms with E-state index in [4.69, 9.17) is 13.9 Å². The second-order valence-corrected chi connectivity index (χ2v) is 6.26. The number of ketones is 1. The summed E-state index contributed by atoms with van der Waals surface area (Å²) in [4.78, 5) is 24.3. The minimum absolute atomic E-state index is 0.0991. The number of methoxy groups -OCH3 is 1. The number of hydrogen-bond acceptors (Lipinski definition) is 5. The van der Waals surface area contributed by atoms with Crippen molar-refractivity contribution in [3.8, 4) is 5.75 Å². The lowest BCUT2D eigenvalue weighted by molar-refractivity contribution is 0.0635. The Labute approximate surface area is 140 Å². The molecule has 128 valence electrons. The van der Waals surface area contributed by atoms with Crippen LogP contribution in [0, 0.1) is 0 Å². The van der Waals surface area contributed by atoms with Gasteiger partial charge in [0, 0.05) is 12.1 Å². The van der Waals surface area contributed by atoms with Gasteiger partial charge in [0.05, 0.1) is 18.9 Å². The zero-order valence-electron chi connectivity index (χ0n) is 14.2. The molecule has 24 heavy (non-hydrogen) atoms. The van der Waals surface area contributed by atoms with Crippen LogP contribution in [0.4, 0.5) is 10.5 Å². The first-order valence-corrected chi connectivity index (χ1v) is 7.51. The molecule has 6 nitrogen and oxygen atoms in total. The van der Waals surface area contributed by atoms with E-state index in [0.717, 1.165) is 0 Å². The minimum Gasteiger partial charge on any atom is -0.497 e. The first-order chi connectivity index (χ1) is 11.3. The quantitative estimate of drug-likeness (QED) is 0.836. The van der Waals surface area contributed by atoms with Gasteiger partial charge in [-0.05, 0) is 50.6 Å². The molecule has 2 rings (SSSR count). The molecule has 0 unspecified atom stereocenters. The number of benzene rings is 1. The molecular formula is C18H21NO5. The van der Waals surface area contributed by atoms with E-state index in [1.165, 1.54) is 19.6 Å². The van der Waals surface area contributed by atoms with Crippen molar-refractivity contribution in [2.24, 2.45) is 0 Å². The summed E-state index contributed by atoms with van der Waals surface area (Å²) in [6, 6.07) is 6.70. The number of carbonyl (C=O) groups excluding carboxylic acids is 2. The summed E-state index contributed by atoms with van der Waals surface area (Å²) in [7, 11) is 1.54. The van der Waals surface area contributed by atoms with Crippen LogP contribution >= 0.6 is 0 Å². The molecule has 6 heteroatoms. The number of nitrogens with one attached hydrogen (secondary N) is 1. The molecule has 0 saturated carbocycles. The van der Waals surface area contributed by atoms with Crippen molar-refractivity contribution >= 4 is 17.6 Å². The van der Waals surface area contributed by atoms with Gasteiger partial charge in [-0.3, -0.25) is 10.1 Å². The van der Waals surface area contributed by atoms with Crippen molar-refractivity contribution in [2.45, 2.75) is 32.8 Å². The summed E-state index contributed by atoms with van der Waals surface area (Å²) < 4.78 is 15.4. The Morgan fingerprint density at radius 1 is 1.21 bits per heavy atom. The van der Waals surface area contributed by atoms with E-state index < -0.39 is 11.7 Å². The van der Waals surface area contributed by atoms with E-state index in [0.29, 0.717) is 22.6 Å². The highest BCUT2D eigenvalue weighted by Crippen LogP contribution is 2.24. The highest BCUT2D eigenvalue weighted by molar-refractivity contribution is 5.98. The molecule has 0 saturated heterocycles. The maximum absolute atomic E-state index is 12.3. The van der Waals surface area contributed by atoms with Crippen molar-refractivity contribution < 1.29 is 23.5 Å². The first-order valence-electron chi connectivity index (χ1n) is 7.51. The zero-order chi connectivity index (χ0) is 17.7. The van der Waals surface area contributed by atoms with Crippen molar-refractivity contribution in [1.82, 2.24) is 0 Å². The Morgan fingerprint density at radius 2 is 1.96 bits per heavy atom. The van der Waals surface area contributed by atoms with E-state index in [9.17, 15) is 9.59 Å². The third-order valence-corrected chi connectivity index (χ3v) is 3.14. The zero-order valence-corrected chi connectivity index (χ0v) is 14.2. The van der Waals surface area contributed by atoms with Gasteiger partial charge in [-0.25, -0.2) is 4.79 Å². The van der Waals surface area contributed by atoms with E-state index >= 15 is 0 Å². The molecule has 1 amide bonds. The SMILES string of the molecule is COc1ccc(NC(=O)OC(C)(C)C)c(CC(=O)c2ccoc2)c1. The number of Topliss-reactive ketones (excluding diaryl/α,β-unsaturated/α-hetero) is 1. The summed E-state index contributed by atoms with van der Waals surface area (Å²) in [5.74, 6) is 0.476. The Hall–Kier alpha value is -2.76. The molecule has 1 aromatic carbocycles. The predicted molar refractivity (Wildman–Crippen MR) is 89.6 cm³/mol. The van der Waals surface area contributed by atoms with Crippen LogP contribution in [0.15, 0.2) is 41.2 Å². The lowest BCUT2D eigenvalue weighted by atomic mass is 10.0. The fourth-order valence-electron chi connectivity index (χ4n) is 2.08. The molecule has 0 spiro atoms. The average molecular weight is 331 g/mol. The number of carbonyl (C=O) groups is 2. The monoisotopic (exact) mass is 331 g/mol. The van der Waals surface area contributed by atoms with Gasteiger partial charge in [0.1, 0.15) is 17.6 Å². The van der Waals surface area contributed by atoms with Gasteiger partial charge in [0.15, 0.2) is 5.78 Å². The van der Waals surface area contributed by atoms with Crippen molar-refractivity contribution in [2.75, 3.05) is 12.4 Å². The van der Waals surface area contributed by atoms with E-state index in [1.807, 2.05) is 0 Å². The van der Waals surface area contributed by atoms with Gasteiger partial charge in [-0.2, -0.15) is 0 Å². The Bertz CT molecular complexity index is 714. The van der Waals surface area contributed by atoms with Crippen molar-refractivity contribution in [3.63, 3.8) is 0 Å². The fourth-order valence-corrected chi connectivity index (χ4v) is 2.08. The third kappa shape index (κ3) is 4.87. The Kier molecular flexibility index (Phi) is 5.28. The number of ether oxygens (including phenoxy) is 2. The molecule has 0 aliphatic carbocycles. The third-order valence-electron chi connectivity index (χ3n) is 3.14. The largest absolute Gasteiger partial charge is 0.497 e. The highest BCUT2D eigenvalue weighted by atomic mass is 16.6. The second-order valence-electron chi connectivity index (χ2n) is 6.26. The van der Waals surface area contributed by atoms with Crippen LogP contribution in [0.5, 0.6) is 5.75 Å². The van der Waals surface area contributed by atoms with E-state index in [1.54, 1.807) is 45.0 Å². The van der Waals surface area contributed by atoms with Gasteiger partial charge in [0.25, 0.3) is 0 Å². The Balaban J connectivity index is 2.21. The van der Waals surface area contributed by atoms with Crippen LogP contribution in [0.2, 0.25) is 0 Å². The maximum Gasteiger partial charge on any atom is 0.412 e. The molecule has 0 aliphatic heterocycles. The number of furan rings is 1.